The van der Waals surface area contributed by atoms with Crippen molar-refractivity contribution in [3.63, 3.8) is 0 Å². The Labute approximate surface area is 129 Å². The van der Waals surface area contributed by atoms with Gasteiger partial charge in [-0.2, -0.15) is 18.4 Å². The average molecular weight is 323 g/mol. The van der Waals surface area contributed by atoms with E-state index in [1.807, 2.05) is 5.32 Å². The van der Waals surface area contributed by atoms with E-state index < -0.39 is 29.1 Å². The van der Waals surface area contributed by atoms with Gasteiger partial charge in [-0.15, -0.1) is 0 Å². The predicted octanol–water partition coefficient (Wildman–Crippen LogP) is 1.95. The molecule has 1 aliphatic heterocycles. The number of rotatable bonds is 2. The summed E-state index contributed by atoms with van der Waals surface area (Å²) >= 11 is 0. The summed E-state index contributed by atoms with van der Waals surface area (Å²) in [6.07, 6.45) is -5.17. The molecule has 0 aliphatic carbocycles. The van der Waals surface area contributed by atoms with E-state index in [9.17, 15) is 22.8 Å². The number of alkyl halides is 3. The minimum absolute atomic E-state index is 0.00855. The number of aryl methyl sites for hydroxylation is 1. The number of nitrogens with one attached hydrogen (secondary N) is 2. The third-order valence-electron chi connectivity index (χ3n) is 3.62. The maximum absolute atomic E-state index is 13.6. The smallest absolute Gasteiger partial charge is 0.326 e. The van der Waals surface area contributed by atoms with Gasteiger partial charge in [0.15, 0.2) is 0 Å². The van der Waals surface area contributed by atoms with Crippen LogP contribution < -0.4 is 10.6 Å². The largest absolute Gasteiger partial charge is 0.425 e. The Morgan fingerprint density at radius 2 is 1.91 bits per heavy atom. The van der Waals surface area contributed by atoms with Crippen LogP contribution in [0, 0.1) is 18.3 Å². The molecule has 1 unspecified atom stereocenters. The fourth-order valence-corrected chi connectivity index (χ4v) is 2.41. The van der Waals surface area contributed by atoms with Gasteiger partial charge in [0.25, 0.3) is 17.4 Å². The van der Waals surface area contributed by atoms with Gasteiger partial charge in [-0.3, -0.25) is 9.59 Å². The first kappa shape index (κ1) is 16.5. The SMILES string of the molecule is CC1=C(C#N)C(NC(=O)c2ccccc2C)(C(F)(F)F)C(=O)N1. The number of benzene rings is 1. The van der Waals surface area contributed by atoms with E-state index in [1.54, 1.807) is 24.4 Å². The highest BCUT2D eigenvalue weighted by Crippen LogP contribution is 2.40. The monoisotopic (exact) mass is 323 g/mol. The molecule has 2 N–H and O–H groups in total. The van der Waals surface area contributed by atoms with Crippen LogP contribution in [0.5, 0.6) is 0 Å². The van der Waals surface area contributed by atoms with Gasteiger partial charge in [0.2, 0.25) is 0 Å². The van der Waals surface area contributed by atoms with Gasteiger partial charge in [-0.05, 0) is 25.5 Å². The van der Waals surface area contributed by atoms with E-state index in [1.165, 1.54) is 25.1 Å². The van der Waals surface area contributed by atoms with Gasteiger partial charge in [0.05, 0.1) is 11.6 Å². The summed E-state index contributed by atoms with van der Waals surface area (Å²) in [5, 5.41) is 12.7. The first-order valence-electron chi connectivity index (χ1n) is 6.53. The molecule has 0 saturated heterocycles. The van der Waals surface area contributed by atoms with Gasteiger partial charge in [-0.1, -0.05) is 18.2 Å². The van der Waals surface area contributed by atoms with Crippen molar-refractivity contribution in [2.45, 2.75) is 25.6 Å². The van der Waals surface area contributed by atoms with Crippen LogP contribution in [0.1, 0.15) is 22.8 Å². The van der Waals surface area contributed by atoms with Crippen molar-refractivity contribution in [3.8, 4) is 6.07 Å². The highest BCUT2D eigenvalue weighted by molar-refractivity contribution is 6.05. The second kappa shape index (κ2) is 5.43. The van der Waals surface area contributed by atoms with Crippen LogP contribution in [0.25, 0.3) is 0 Å². The number of hydrogen-bond donors (Lipinski definition) is 2. The molecule has 1 aromatic carbocycles. The molecule has 0 radical (unpaired) electrons. The molecule has 1 heterocycles. The molecule has 2 amide bonds. The number of allylic oxidation sites excluding steroid dienone is 1. The van der Waals surface area contributed by atoms with Crippen molar-refractivity contribution in [3.05, 3.63) is 46.7 Å². The standard InChI is InChI=1S/C15H12F3N3O2/c1-8-5-3-4-6-10(8)12(22)21-14(15(16,17)18)11(7-19)9(2)20-13(14)23/h3-6H,1-2H3,(H,20,23)(H,21,22). The molecule has 1 aromatic rings. The highest BCUT2D eigenvalue weighted by Gasteiger charge is 2.67. The van der Waals surface area contributed by atoms with Gasteiger partial charge < -0.3 is 10.6 Å². The Bertz CT molecular complexity index is 762. The Hall–Kier alpha value is -2.82. The second-order valence-electron chi connectivity index (χ2n) is 5.08. The summed E-state index contributed by atoms with van der Waals surface area (Å²) in [6.45, 7) is 2.72. The van der Waals surface area contributed by atoms with Crippen LogP contribution in [0.15, 0.2) is 35.5 Å². The summed E-state index contributed by atoms with van der Waals surface area (Å²) in [5.41, 5.74) is -4.05. The first-order chi connectivity index (χ1) is 10.6. The van der Waals surface area contributed by atoms with Crippen LogP contribution in [-0.4, -0.2) is 23.5 Å². The third kappa shape index (κ3) is 2.44. The van der Waals surface area contributed by atoms with Crippen molar-refractivity contribution in [2.24, 2.45) is 0 Å². The molecule has 0 aromatic heterocycles. The lowest BCUT2D eigenvalue weighted by Crippen LogP contribution is -2.64. The number of carbonyl (C=O) groups excluding carboxylic acids is 2. The molecule has 0 saturated carbocycles. The molecule has 0 fully saturated rings. The van der Waals surface area contributed by atoms with Crippen LogP contribution in [-0.2, 0) is 4.79 Å². The zero-order valence-corrected chi connectivity index (χ0v) is 12.2. The molecule has 0 bridgehead atoms. The Morgan fingerprint density at radius 3 is 2.43 bits per heavy atom. The molecule has 0 spiro atoms. The quantitative estimate of drug-likeness (QED) is 0.873. The molecular weight excluding hydrogens is 311 g/mol. The molecular formula is C15H12F3N3O2. The second-order valence-corrected chi connectivity index (χ2v) is 5.08. The number of nitriles is 1. The minimum Gasteiger partial charge on any atom is -0.326 e. The number of hydrogen-bond acceptors (Lipinski definition) is 3. The van der Waals surface area contributed by atoms with Crippen molar-refractivity contribution in [2.75, 3.05) is 0 Å². The zero-order chi connectivity index (χ0) is 17.4. The van der Waals surface area contributed by atoms with E-state index in [0.29, 0.717) is 5.56 Å². The number of nitrogens with zero attached hydrogens (tertiary/aromatic N) is 1. The summed E-state index contributed by atoms with van der Waals surface area (Å²) in [5.74, 6) is -2.58. The fourth-order valence-electron chi connectivity index (χ4n) is 2.41. The van der Waals surface area contributed by atoms with E-state index in [4.69, 9.17) is 5.26 Å². The molecule has 8 heteroatoms. The highest BCUT2D eigenvalue weighted by atomic mass is 19.4. The van der Waals surface area contributed by atoms with Crippen molar-refractivity contribution >= 4 is 11.8 Å². The number of halogens is 3. The molecule has 1 aliphatic rings. The average Bonchev–Trinajstić information content (AvgIpc) is 2.69. The summed E-state index contributed by atoms with van der Waals surface area (Å²) in [6, 6.07) is 7.38. The molecule has 1 atom stereocenters. The topological polar surface area (TPSA) is 82.0 Å². The van der Waals surface area contributed by atoms with Gasteiger partial charge in [0, 0.05) is 11.3 Å². The van der Waals surface area contributed by atoms with Gasteiger partial charge in [0.1, 0.15) is 0 Å². The van der Waals surface area contributed by atoms with Crippen molar-refractivity contribution < 1.29 is 22.8 Å². The molecule has 5 nitrogen and oxygen atoms in total. The number of amides is 2. The maximum Gasteiger partial charge on any atom is 0.425 e. The summed E-state index contributed by atoms with van der Waals surface area (Å²) in [4.78, 5) is 24.2. The predicted molar refractivity (Wildman–Crippen MR) is 73.9 cm³/mol. The summed E-state index contributed by atoms with van der Waals surface area (Å²) in [7, 11) is 0. The van der Waals surface area contributed by atoms with E-state index in [-0.39, 0.29) is 11.3 Å². The van der Waals surface area contributed by atoms with E-state index in [2.05, 4.69) is 0 Å². The Morgan fingerprint density at radius 1 is 1.30 bits per heavy atom. The molecule has 120 valence electrons. The molecule has 2 rings (SSSR count). The minimum atomic E-state index is -5.17. The lowest BCUT2D eigenvalue weighted by Gasteiger charge is -2.30. The maximum atomic E-state index is 13.6. The van der Waals surface area contributed by atoms with Crippen molar-refractivity contribution in [1.29, 1.82) is 5.26 Å². The normalized spacial score (nSPS) is 21.0. The van der Waals surface area contributed by atoms with E-state index >= 15 is 0 Å². The van der Waals surface area contributed by atoms with E-state index in [0.717, 1.165) is 0 Å². The van der Waals surface area contributed by atoms with Gasteiger partial charge >= 0.3 is 6.18 Å². The third-order valence-corrected chi connectivity index (χ3v) is 3.62. The van der Waals surface area contributed by atoms with Crippen LogP contribution >= 0.6 is 0 Å². The van der Waals surface area contributed by atoms with Crippen LogP contribution in [0.4, 0.5) is 13.2 Å². The van der Waals surface area contributed by atoms with Crippen LogP contribution in [0.2, 0.25) is 0 Å². The Kier molecular flexibility index (Phi) is 3.90. The van der Waals surface area contributed by atoms with Gasteiger partial charge in [-0.25, -0.2) is 0 Å². The first-order valence-corrected chi connectivity index (χ1v) is 6.53. The van der Waals surface area contributed by atoms with Crippen molar-refractivity contribution in [1.82, 2.24) is 10.6 Å². The lowest BCUT2D eigenvalue weighted by atomic mass is 9.89. The zero-order valence-electron chi connectivity index (χ0n) is 12.2. The number of carbonyl (C=O) groups is 2. The van der Waals surface area contributed by atoms with Crippen LogP contribution in [0.3, 0.4) is 0 Å². The molecule has 23 heavy (non-hydrogen) atoms. The fraction of sp³-hybridized carbons (Fsp3) is 0.267. The lowest BCUT2D eigenvalue weighted by molar-refractivity contribution is -0.184. The summed E-state index contributed by atoms with van der Waals surface area (Å²) < 4.78 is 40.8. The Balaban J connectivity index is 2.55.